The molecule has 16 heavy (non-hydrogen) atoms. The van der Waals surface area contributed by atoms with Crippen LogP contribution in [0.5, 0.6) is 0 Å². The zero-order valence-electron chi connectivity index (χ0n) is 10.00. The SMILES string of the molecule is CC(C)(C)CC[C@H](O)c1cccc(Br)n1.S. The fraction of sp³-hybridized carbons (Fsp3) is 0.583. The minimum atomic E-state index is -0.457. The van der Waals surface area contributed by atoms with Gasteiger partial charge in [-0.3, -0.25) is 0 Å². The van der Waals surface area contributed by atoms with E-state index in [2.05, 4.69) is 41.7 Å². The molecule has 0 amide bonds. The minimum Gasteiger partial charge on any atom is -0.387 e. The van der Waals surface area contributed by atoms with Gasteiger partial charge in [-0.25, -0.2) is 4.98 Å². The zero-order valence-corrected chi connectivity index (χ0v) is 12.6. The summed E-state index contributed by atoms with van der Waals surface area (Å²) in [6.45, 7) is 6.52. The Bertz CT molecular complexity index is 325. The van der Waals surface area contributed by atoms with Gasteiger partial charge in [0.25, 0.3) is 0 Å². The average molecular weight is 306 g/mol. The first kappa shape index (κ1) is 15.9. The van der Waals surface area contributed by atoms with Gasteiger partial charge >= 0.3 is 0 Å². The zero-order chi connectivity index (χ0) is 11.5. The molecule has 0 unspecified atom stereocenters. The lowest BCUT2D eigenvalue weighted by Crippen LogP contribution is -2.09. The Morgan fingerprint density at radius 1 is 1.38 bits per heavy atom. The molecule has 0 fully saturated rings. The standard InChI is InChI=1S/C12H18BrNO.H2S/c1-12(2,3)8-7-10(15)9-5-4-6-11(13)14-9;/h4-6,10,15H,7-8H2,1-3H3;1H2/t10-;/m0./s1. The summed E-state index contributed by atoms with van der Waals surface area (Å²) in [5, 5.41) is 9.92. The van der Waals surface area contributed by atoms with Crippen molar-refractivity contribution >= 4 is 29.4 Å². The number of rotatable bonds is 3. The van der Waals surface area contributed by atoms with Crippen LogP contribution in [0.25, 0.3) is 0 Å². The van der Waals surface area contributed by atoms with Crippen molar-refractivity contribution in [3.8, 4) is 0 Å². The van der Waals surface area contributed by atoms with E-state index in [0.29, 0.717) is 0 Å². The van der Waals surface area contributed by atoms with Gasteiger partial charge in [-0.05, 0) is 46.3 Å². The number of pyridine rings is 1. The lowest BCUT2D eigenvalue weighted by atomic mass is 9.89. The van der Waals surface area contributed by atoms with Crippen molar-refractivity contribution in [3.63, 3.8) is 0 Å². The van der Waals surface area contributed by atoms with Crippen LogP contribution in [0, 0.1) is 5.41 Å². The highest BCUT2D eigenvalue weighted by atomic mass is 79.9. The lowest BCUT2D eigenvalue weighted by molar-refractivity contribution is 0.143. The molecule has 0 spiro atoms. The molecule has 0 aliphatic rings. The highest BCUT2D eigenvalue weighted by molar-refractivity contribution is 9.10. The van der Waals surface area contributed by atoms with Crippen LogP contribution in [0.4, 0.5) is 0 Å². The number of nitrogens with zero attached hydrogens (tertiary/aromatic N) is 1. The van der Waals surface area contributed by atoms with Crippen molar-refractivity contribution in [2.45, 2.75) is 39.7 Å². The summed E-state index contributed by atoms with van der Waals surface area (Å²) < 4.78 is 0.773. The van der Waals surface area contributed by atoms with E-state index in [9.17, 15) is 5.11 Å². The molecule has 0 bridgehead atoms. The predicted molar refractivity (Wildman–Crippen MR) is 76.0 cm³/mol. The van der Waals surface area contributed by atoms with Crippen molar-refractivity contribution in [2.24, 2.45) is 5.41 Å². The topological polar surface area (TPSA) is 33.1 Å². The Labute approximate surface area is 113 Å². The van der Waals surface area contributed by atoms with E-state index in [4.69, 9.17) is 0 Å². The predicted octanol–water partition coefficient (Wildman–Crippen LogP) is 3.82. The first-order valence-corrected chi connectivity index (χ1v) is 5.98. The quantitative estimate of drug-likeness (QED) is 0.861. The Balaban J connectivity index is 0.00000225. The van der Waals surface area contributed by atoms with Crippen molar-refractivity contribution in [1.29, 1.82) is 0 Å². The van der Waals surface area contributed by atoms with Gasteiger partial charge in [0.1, 0.15) is 4.60 Å². The average Bonchev–Trinajstić information content (AvgIpc) is 2.13. The van der Waals surface area contributed by atoms with Crippen LogP contribution in [0.3, 0.4) is 0 Å². The van der Waals surface area contributed by atoms with Crippen molar-refractivity contribution in [3.05, 3.63) is 28.5 Å². The van der Waals surface area contributed by atoms with E-state index in [0.717, 1.165) is 23.1 Å². The first-order chi connectivity index (χ1) is 6.88. The van der Waals surface area contributed by atoms with Crippen LogP contribution >= 0.6 is 29.4 Å². The molecule has 1 aromatic rings. The monoisotopic (exact) mass is 305 g/mol. The molecule has 92 valence electrons. The van der Waals surface area contributed by atoms with Gasteiger partial charge in [0, 0.05) is 0 Å². The summed E-state index contributed by atoms with van der Waals surface area (Å²) in [6, 6.07) is 5.62. The maximum absolute atomic E-state index is 9.92. The third-order valence-corrected chi connectivity index (χ3v) is 2.69. The van der Waals surface area contributed by atoms with Gasteiger partial charge in [-0.15, -0.1) is 0 Å². The van der Waals surface area contributed by atoms with E-state index >= 15 is 0 Å². The summed E-state index contributed by atoms with van der Waals surface area (Å²) in [5.74, 6) is 0. The fourth-order valence-electron chi connectivity index (χ4n) is 1.33. The number of aliphatic hydroxyl groups excluding tert-OH is 1. The van der Waals surface area contributed by atoms with Crippen molar-refractivity contribution < 1.29 is 5.11 Å². The van der Waals surface area contributed by atoms with Crippen LogP contribution in [-0.2, 0) is 0 Å². The van der Waals surface area contributed by atoms with E-state index in [1.807, 2.05) is 18.2 Å². The van der Waals surface area contributed by atoms with E-state index < -0.39 is 6.10 Å². The summed E-state index contributed by atoms with van der Waals surface area (Å²) in [5.41, 5.74) is 1.00. The molecule has 4 heteroatoms. The van der Waals surface area contributed by atoms with Gasteiger partial charge in [0.05, 0.1) is 11.8 Å². The number of halogens is 1. The first-order valence-electron chi connectivity index (χ1n) is 5.19. The molecular weight excluding hydrogens is 286 g/mol. The number of hydrogen-bond acceptors (Lipinski definition) is 2. The second kappa shape index (κ2) is 6.62. The molecule has 1 heterocycles. The van der Waals surface area contributed by atoms with Gasteiger partial charge in [0.15, 0.2) is 0 Å². The summed E-state index contributed by atoms with van der Waals surface area (Å²) >= 11 is 3.30. The Hall–Kier alpha value is -0.0600. The molecule has 0 aliphatic carbocycles. The van der Waals surface area contributed by atoms with Crippen molar-refractivity contribution in [2.75, 3.05) is 0 Å². The smallest absolute Gasteiger partial charge is 0.106 e. The number of aliphatic hydroxyl groups is 1. The minimum absolute atomic E-state index is 0. The second-order valence-electron chi connectivity index (χ2n) is 5.00. The molecule has 0 aromatic carbocycles. The molecule has 1 rings (SSSR count). The molecule has 0 saturated heterocycles. The number of hydrogen-bond donors (Lipinski definition) is 1. The summed E-state index contributed by atoms with van der Waals surface area (Å²) in [4.78, 5) is 4.24. The Morgan fingerprint density at radius 2 is 2.00 bits per heavy atom. The summed E-state index contributed by atoms with van der Waals surface area (Å²) in [7, 11) is 0. The molecule has 0 aliphatic heterocycles. The third-order valence-electron chi connectivity index (χ3n) is 2.25. The van der Waals surface area contributed by atoms with Gasteiger partial charge in [0.2, 0.25) is 0 Å². The lowest BCUT2D eigenvalue weighted by Gasteiger charge is -2.20. The van der Waals surface area contributed by atoms with Crippen LogP contribution in [-0.4, -0.2) is 10.1 Å². The van der Waals surface area contributed by atoms with Crippen LogP contribution in [0.1, 0.15) is 45.4 Å². The summed E-state index contributed by atoms with van der Waals surface area (Å²) in [6.07, 6.45) is 1.29. The Morgan fingerprint density at radius 3 is 2.50 bits per heavy atom. The van der Waals surface area contributed by atoms with E-state index in [-0.39, 0.29) is 18.9 Å². The number of aromatic nitrogens is 1. The molecule has 0 radical (unpaired) electrons. The second-order valence-corrected chi connectivity index (χ2v) is 5.81. The van der Waals surface area contributed by atoms with Crippen molar-refractivity contribution in [1.82, 2.24) is 4.98 Å². The van der Waals surface area contributed by atoms with Crippen LogP contribution in [0.15, 0.2) is 22.8 Å². The van der Waals surface area contributed by atoms with E-state index in [1.165, 1.54) is 0 Å². The highest BCUT2D eigenvalue weighted by Crippen LogP contribution is 2.26. The third kappa shape index (κ3) is 5.87. The molecule has 0 saturated carbocycles. The molecular formula is C12H20BrNOS. The Kier molecular flexibility index (Phi) is 6.60. The maximum Gasteiger partial charge on any atom is 0.106 e. The van der Waals surface area contributed by atoms with Gasteiger partial charge in [-0.2, -0.15) is 13.5 Å². The molecule has 1 atom stereocenters. The normalized spacial score (nSPS) is 13.1. The van der Waals surface area contributed by atoms with Gasteiger partial charge < -0.3 is 5.11 Å². The largest absolute Gasteiger partial charge is 0.387 e. The van der Waals surface area contributed by atoms with Crippen LogP contribution < -0.4 is 0 Å². The highest BCUT2D eigenvalue weighted by Gasteiger charge is 2.15. The fourth-order valence-corrected chi connectivity index (χ4v) is 1.68. The van der Waals surface area contributed by atoms with E-state index in [1.54, 1.807) is 0 Å². The van der Waals surface area contributed by atoms with Crippen LogP contribution in [0.2, 0.25) is 0 Å². The molecule has 1 N–H and O–H groups in total. The van der Waals surface area contributed by atoms with Gasteiger partial charge in [-0.1, -0.05) is 26.8 Å². The maximum atomic E-state index is 9.92. The molecule has 1 aromatic heterocycles. The molecule has 2 nitrogen and oxygen atoms in total.